The smallest absolute Gasteiger partial charge is 0.410 e. The summed E-state index contributed by atoms with van der Waals surface area (Å²) in [6, 6.07) is 17.0. The van der Waals surface area contributed by atoms with Crippen LogP contribution in [0.3, 0.4) is 0 Å². The van der Waals surface area contributed by atoms with Gasteiger partial charge in [0.05, 0.1) is 18.3 Å². The van der Waals surface area contributed by atoms with Crippen molar-refractivity contribution in [3.63, 3.8) is 0 Å². The van der Waals surface area contributed by atoms with Crippen LogP contribution in [0.2, 0.25) is 0 Å². The van der Waals surface area contributed by atoms with Crippen LogP contribution in [-0.4, -0.2) is 52.0 Å². The molecule has 39 heavy (non-hydrogen) atoms. The van der Waals surface area contributed by atoms with Crippen molar-refractivity contribution in [1.82, 2.24) is 14.7 Å². The Hall–Kier alpha value is -3.81. The van der Waals surface area contributed by atoms with Crippen molar-refractivity contribution in [2.45, 2.75) is 73.0 Å². The summed E-state index contributed by atoms with van der Waals surface area (Å²) in [4.78, 5) is 27.5. The minimum absolute atomic E-state index is 0.172. The molecule has 1 unspecified atom stereocenters. The molecular formula is C31H41N3O5. The highest BCUT2D eigenvalue weighted by Crippen LogP contribution is 2.32. The second kappa shape index (κ2) is 13.3. The second-order valence-electron chi connectivity index (χ2n) is 10.1. The Balaban J connectivity index is 0.00000205. The van der Waals surface area contributed by atoms with Gasteiger partial charge in [-0.15, -0.1) is 0 Å². The Morgan fingerprint density at radius 1 is 1.00 bits per heavy atom. The first-order chi connectivity index (χ1) is 18.7. The van der Waals surface area contributed by atoms with Crippen LogP contribution in [0.1, 0.15) is 76.5 Å². The first-order valence-electron chi connectivity index (χ1n) is 13.7. The highest BCUT2D eigenvalue weighted by Gasteiger charge is 2.33. The quantitative estimate of drug-likeness (QED) is 0.305. The van der Waals surface area contributed by atoms with Crippen molar-refractivity contribution in [1.29, 1.82) is 0 Å². The predicted octanol–water partition coefficient (Wildman–Crippen LogP) is 7.43. The molecule has 8 nitrogen and oxygen atoms in total. The molecule has 0 saturated carbocycles. The van der Waals surface area contributed by atoms with E-state index in [1.807, 2.05) is 96.1 Å². The third-order valence-electron chi connectivity index (χ3n) is 6.12. The highest BCUT2D eigenvalue weighted by atomic mass is 16.6. The number of benzene rings is 2. The van der Waals surface area contributed by atoms with Gasteiger partial charge in [-0.05, 0) is 83.9 Å². The number of likely N-dealkylation sites (tertiary alicyclic amines) is 1. The van der Waals surface area contributed by atoms with E-state index in [2.05, 4.69) is 0 Å². The van der Waals surface area contributed by atoms with Crippen LogP contribution >= 0.6 is 0 Å². The number of amides is 1. The molecule has 1 aromatic heterocycles. The minimum atomic E-state index is -0.577. The van der Waals surface area contributed by atoms with Gasteiger partial charge >= 0.3 is 12.1 Å². The average Bonchev–Trinajstić information content (AvgIpc) is 3.27. The Morgan fingerprint density at radius 2 is 1.64 bits per heavy atom. The molecule has 1 atom stereocenters. The van der Waals surface area contributed by atoms with Crippen LogP contribution < -0.4 is 4.74 Å². The van der Waals surface area contributed by atoms with E-state index in [4.69, 9.17) is 19.3 Å². The number of ether oxygens (including phenoxy) is 3. The zero-order chi connectivity index (χ0) is 28.6. The lowest BCUT2D eigenvalue weighted by Gasteiger charge is -2.34. The lowest BCUT2D eigenvalue weighted by atomic mass is 10.0. The molecule has 1 amide bonds. The summed E-state index contributed by atoms with van der Waals surface area (Å²) >= 11 is 0. The molecule has 0 N–H and O–H groups in total. The van der Waals surface area contributed by atoms with Gasteiger partial charge in [-0.25, -0.2) is 9.59 Å². The number of hydrogen-bond acceptors (Lipinski definition) is 6. The summed E-state index contributed by atoms with van der Waals surface area (Å²) in [6.45, 7) is 14.5. The first-order valence-corrected chi connectivity index (χ1v) is 13.7. The lowest BCUT2D eigenvalue weighted by molar-refractivity contribution is 0.0165. The number of aromatic nitrogens is 2. The third-order valence-corrected chi connectivity index (χ3v) is 6.12. The van der Waals surface area contributed by atoms with Crippen molar-refractivity contribution in [2.24, 2.45) is 0 Å². The van der Waals surface area contributed by atoms with Crippen molar-refractivity contribution in [2.75, 3.05) is 19.7 Å². The van der Waals surface area contributed by atoms with Gasteiger partial charge in [0.2, 0.25) is 0 Å². The molecular weight excluding hydrogens is 494 g/mol. The molecule has 4 rings (SSSR count). The molecule has 1 aliphatic rings. The van der Waals surface area contributed by atoms with E-state index in [1.165, 1.54) is 0 Å². The summed E-state index contributed by atoms with van der Waals surface area (Å²) in [6.07, 6.45) is 1.22. The van der Waals surface area contributed by atoms with Gasteiger partial charge in [-0.3, -0.25) is 4.68 Å². The molecule has 210 valence electrons. The molecule has 2 aromatic carbocycles. The normalized spacial score (nSPS) is 15.2. The fourth-order valence-electron chi connectivity index (χ4n) is 4.45. The van der Waals surface area contributed by atoms with E-state index in [9.17, 15) is 9.59 Å². The van der Waals surface area contributed by atoms with Crippen LogP contribution in [0.5, 0.6) is 11.5 Å². The molecule has 1 fully saturated rings. The standard InChI is InChI=1S/C29H35N3O5.C2H6/c1-6-35-27(33)26-20(2)25(21-14-16-24(17-15-21)36-23-12-8-7-9-13-23)30-32(26)22-11-10-18-31(19-22)28(34)37-29(3,4)5;1-2/h7-9,12-17,22H,6,10-11,18-19H2,1-5H3;1-2H3. The number of para-hydroxylation sites is 1. The Morgan fingerprint density at radius 3 is 2.26 bits per heavy atom. The number of piperidine rings is 1. The van der Waals surface area contributed by atoms with Gasteiger partial charge in [0.25, 0.3) is 0 Å². The highest BCUT2D eigenvalue weighted by molar-refractivity contribution is 5.91. The maximum atomic E-state index is 13.0. The fourth-order valence-corrected chi connectivity index (χ4v) is 4.45. The second-order valence-corrected chi connectivity index (χ2v) is 10.1. The van der Waals surface area contributed by atoms with Gasteiger partial charge in [-0.2, -0.15) is 5.10 Å². The van der Waals surface area contributed by atoms with E-state index in [1.54, 1.807) is 16.5 Å². The molecule has 0 aliphatic carbocycles. The van der Waals surface area contributed by atoms with Crippen LogP contribution in [0.4, 0.5) is 4.79 Å². The van der Waals surface area contributed by atoms with Crippen molar-refractivity contribution in [3.05, 3.63) is 65.9 Å². The maximum absolute atomic E-state index is 13.0. The Labute approximate surface area is 231 Å². The molecule has 0 spiro atoms. The van der Waals surface area contributed by atoms with Crippen molar-refractivity contribution < 1.29 is 23.8 Å². The fraction of sp³-hybridized carbons (Fsp3) is 0.452. The number of carbonyl (C=O) groups excluding carboxylic acids is 2. The molecule has 8 heteroatoms. The average molecular weight is 536 g/mol. The SMILES string of the molecule is CC.CCOC(=O)c1c(C)c(-c2ccc(Oc3ccccc3)cc2)nn1C1CCCN(C(=O)OC(C)(C)C)C1. The van der Waals surface area contributed by atoms with Crippen molar-refractivity contribution >= 4 is 12.1 Å². The lowest BCUT2D eigenvalue weighted by Crippen LogP contribution is -2.44. The van der Waals surface area contributed by atoms with E-state index in [0.29, 0.717) is 30.2 Å². The van der Waals surface area contributed by atoms with Gasteiger partial charge in [0.15, 0.2) is 0 Å². The maximum Gasteiger partial charge on any atom is 0.410 e. The van der Waals surface area contributed by atoms with Crippen molar-refractivity contribution in [3.8, 4) is 22.8 Å². The minimum Gasteiger partial charge on any atom is -0.461 e. The molecule has 3 aromatic rings. The number of nitrogens with zero attached hydrogens (tertiary/aromatic N) is 3. The van der Waals surface area contributed by atoms with E-state index < -0.39 is 11.6 Å². The summed E-state index contributed by atoms with van der Waals surface area (Å²) in [5, 5.41) is 4.89. The summed E-state index contributed by atoms with van der Waals surface area (Å²) in [5.41, 5.74) is 2.14. The molecule has 1 aliphatic heterocycles. The summed E-state index contributed by atoms with van der Waals surface area (Å²) in [7, 11) is 0. The zero-order valence-electron chi connectivity index (χ0n) is 24.2. The summed E-state index contributed by atoms with van der Waals surface area (Å²) in [5.74, 6) is 1.04. The number of rotatable bonds is 6. The Bertz CT molecular complexity index is 1230. The van der Waals surface area contributed by atoms with Gasteiger partial charge in [0, 0.05) is 24.2 Å². The number of hydrogen-bond donors (Lipinski definition) is 0. The molecule has 0 bridgehead atoms. The number of esters is 1. The van der Waals surface area contributed by atoms with E-state index in [-0.39, 0.29) is 18.7 Å². The molecule has 2 heterocycles. The zero-order valence-corrected chi connectivity index (χ0v) is 24.2. The topological polar surface area (TPSA) is 82.9 Å². The van der Waals surface area contributed by atoms with Crippen LogP contribution in [0.25, 0.3) is 11.3 Å². The predicted molar refractivity (Wildman–Crippen MR) is 152 cm³/mol. The molecule has 0 radical (unpaired) electrons. The molecule has 1 saturated heterocycles. The van der Waals surface area contributed by atoms with E-state index in [0.717, 1.165) is 29.7 Å². The monoisotopic (exact) mass is 535 g/mol. The van der Waals surface area contributed by atoms with Crippen LogP contribution in [0.15, 0.2) is 54.6 Å². The van der Waals surface area contributed by atoms with Gasteiger partial charge in [-0.1, -0.05) is 32.0 Å². The van der Waals surface area contributed by atoms with Gasteiger partial charge < -0.3 is 19.1 Å². The summed E-state index contributed by atoms with van der Waals surface area (Å²) < 4.78 is 18.6. The van der Waals surface area contributed by atoms with Gasteiger partial charge in [0.1, 0.15) is 22.8 Å². The first kappa shape index (κ1) is 29.7. The number of carbonyl (C=O) groups is 2. The van der Waals surface area contributed by atoms with Crippen LogP contribution in [0, 0.1) is 6.92 Å². The largest absolute Gasteiger partial charge is 0.461 e. The van der Waals surface area contributed by atoms with E-state index >= 15 is 0 Å². The third kappa shape index (κ3) is 7.62. The van der Waals surface area contributed by atoms with Crippen LogP contribution in [-0.2, 0) is 9.47 Å². The Kier molecular flexibility index (Phi) is 10.2.